The molecule has 0 aliphatic rings. The molecule has 1 rings (SSSR count). The fourth-order valence-corrected chi connectivity index (χ4v) is 1.87. The fourth-order valence-electron chi connectivity index (χ4n) is 1.87. The van der Waals surface area contributed by atoms with Gasteiger partial charge in [0, 0.05) is 24.4 Å². The predicted octanol–water partition coefficient (Wildman–Crippen LogP) is 3.18. The van der Waals surface area contributed by atoms with Crippen LogP contribution in [-0.4, -0.2) is 23.4 Å². The van der Waals surface area contributed by atoms with Gasteiger partial charge in [-0.2, -0.15) is 0 Å². The SMILES string of the molecule is CC(C)CN(C(=O)/C=C/c1cccc(N)c1)C(C)C. The highest BCUT2D eigenvalue weighted by molar-refractivity contribution is 5.92. The quantitative estimate of drug-likeness (QED) is 0.653. The zero-order chi connectivity index (χ0) is 14.4. The standard InChI is InChI=1S/C16H24N2O/c1-12(2)11-18(13(3)4)16(19)9-8-14-6-5-7-15(17)10-14/h5-10,12-13H,11,17H2,1-4H3/b9-8+. The van der Waals surface area contributed by atoms with Crippen molar-refractivity contribution in [3.63, 3.8) is 0 Å². The highest BCUT2D eigenvalue weighted by Gasteiger charge is 2.15. The predicted molar refractivity (Wildman–Crippen MR) is 81.6 cm³/mol. The Hall–Kier alpha value is -1.77. The minimum absolute atomic E-state index is 0.0473. The number of carbonyl (C=O) groups excluding carboxylic acids is 1. The van der Waals surface area contributed by atoms with E-state index in [0.717, 1.165) is 12.1 Å². The highest BCUT2D eigenvalue weighted by Crippen LogP contribution is 2.10. The minimum atomic E-state index is 0.0473. The van der Waals surface area contributed by atoms with Crippen LogP contribution in [0, 0.1) is 5.92 Å². The van der Waals surface area contributed by atoms with Crippen molar-refractivity contribution in [1.29, 1.82) is 0 Å². The molecule has 0 saturated carbocycles. The average Bonchev–Trinajstić information content (AvgIpc) is 2.32. The van der Waals surface area contributed by atoms with Gasteiger partial charge < -0.3 is 10.6 Å². The third kappa shape index (κ3) is 5.16. The molecule has 0 aliphatic carbocycles. The molecular formula is C16H24N2O. The van der Waals surface area contributed by atoms with Crippen molar-refractivity contribution in [1.82, 2.24) is 4.90 Å². The molecule has 2 N–H and O–H groups in total. The van der Waals surface area contributed by atoms with E-state index >= 15 is 0 Å². The van der Waals surface area contributed by atoms with Crippen molar-refractivity contribution in [2.75, 3.05) is 12.3 Å². The van der Waals surface area contributed by atoms with E-state index in [4.69, 9.17) is 5.73 Å². The molecule has 0 heterocycles. The molecule has 0 spiro atoms. The third-order valence-corrected chi connectivity index (χ3v) is 2.80. The molecule has 1 aromatic carbocycles. The number of nitrogens with zero attached hydrogens (tertiary/aromatic N) is 1. The summed E-state index contributed by atoms with van der Waals surface area (Å²) in [6.07, 6.45) is 3.44. The smallest absolute Gasteiger partial charge is 0.246 e. The van der Waals surface area contributed by atoms with Crippen LogP contribution in [0.4, 0.5) is 5.69 Å². The van der Waals surface area contributed by atoms with Crippen LogP contribution in [0.25, 0.3) is 6.08 Å². The van der Waals surface area contributed by atoms with E-state index in [1.54, 1.807) is 6.08 Å². The van der Waals surface area contributed by atoms with Gasteiger partial charge in [-0.05, 0) is 43.5 Å². The van der Waals surface area contributed by atoms with Gasteiger partial charge in [0.1, 0.15) is 0 Å². The molecule has 0 saturated heterocycles. The Morgan fingerprint density at radius 1 is 1.32 bits per heavy atom. The van der Waals surface area contributed by atoms with E-state index < -0.39 is 0 Å². The molecule has 0 fully saturated rings. The Kier molecular flexibility index (Phi) is 5.61. The van der Waals surface area contributed by atoms with E-state index in [2.05, 4.69) is 13.8 Å². The molecular weight excluding hydrogens is 236 g/mol. The van der Waals surface area contributed by atoms with Gasteiger partial charge in [0.05, 0.1) is 0 Å². The molecule has 1 aromatic rings. The van der Waals surface area contributed by atoms with Crippen molar-refractivity contribution in [3.05, 3.63) is 35.9 Å². The van der Waals surface area contributed by atoms with Crippen molar-refractivity contribution >= 4 is 17.7 Å². The Bertz CT molecular complexity index is 450. The summed E-state index contributed by atoms with van der Waals surface area (Å²) < 4.78 is 0. The highest BCUT2D eigenvalue weighted by atomic mass is 16.2. The summed E-state index contributed by atoms with van der Waals surface area (Å²) >= 11 is 0. The van der Waals surface area contributed by atoms with Gasteiger partial charge in [0.15, 0.2) is 0 Å². The zero-order valence-electron chi connectivity index (χ0n) is 12.3. The van der Waals surface area contributed by atoms with Gasteiger partial charge >= 0.3 is 0 Å². The minimum Gasteiger partial charge on any atom is -0.399 e. The molecule has 0 unspecified atom stereocenters. The number of nitrogen functional groups attached to an aromatic ring is 1. The first kappa shape index (κ1) is 15.3. The van der Waals surface area contributed by atoms with Gasteiger partial charge in [-0.15, -0.1) is 0 Å². The summed E-state index contributed by atoms with van der Waals surface area (Å²) in [5, 5.41) is 0. The molecule has 0 radical (unpaired) electrons. The number of hydrogen-bond donors (Lipinski definition) is 1. The van der Waals surface area contributed by atoms with Gasteiger partial charge in [-0.3, -0.25) is 4.79 Å². The van der Waals surface area contributed by atoms with Crippen molar-refractivity contribution in [3.8, 4) is 0 Å². The molecule has 0 aliphatic heterocycles. The first-order chi connectivity index (χ1) is 8.90. The van der Waals surface area contributed by atoms with Crippen molar-refractivity contribution in [2.24, 2.45) is 5.92 Å². The Labute approximate surface area is 116 Å². The van der Waals surface area contributed by atoms with Crippen molar-refractivity contribution < 1.29 is 4.79 Å². The van der Waals surface area contributed by atoms with Gasteiger partial charge in [0.2, 0.25) is 5.91 Å². The van der Waals surface area contributed by atoms with Crippen LogP contribution >= 0.6 is 0 Å². The second kappa shape index (κ2) is 6.98. The lowest BCUT2D eigenvalue weighted by atomic mass is 10.1. The zero-order valence-corrected chi connectivity index (χ0v) is 12.3. The maximum absolute atomic E-state index is 12.2. The summed E-state index contributed by atoms with van der Waals surface area (Å²) in [6.45, 7) is 9.08. The maximum atomic E-state index is 12.2. The van der Waals surface area contributed by atoms with Crippen LogP contribution in [0.15, 0.2) is 30.3 Å². The Balaban J connectivity index is 2.76. The number of nitrogens with two attached hydrogens (primary N) is 1. The normalized spacial score (nSPS) is 11.5. The fraction of sp³-hybridized carbons (Fsp3) is 0.438. The van der Waals surface area contributed by atoms with E-state index in [-0.39, 0.29) is 11.9 Å². The summed E-state index contributed by atoms with van der Waals surface area (Å²) in [5.74, 6) is 0.512. The van der Waals surface area contributed by atoms with Crippen molar-refractivity contribution in [2.45, 2.75) is 33.7 Å². The Morgan fingerprint density at radius 2 is 2.00 bits per heavy atom. The number of amides is 1. The van der Waals surface area contributed by atoms with Crippen LogP contribution in [0.5, 0.6) is 0 Å². The van der Waals surface area contributed by atoms with E-state index in [0.29, 0.717) is 11.6 Å². The topological polar surface area (TPSA) is 46.3 Å². The van der Waals surface area contributed by atoms with Crippen LogP contribution in [0.1, 0.15) is 33.3 Å². The monoisotopic (exact) mass is 260 g/mol. The summed E-state index contributed by atoms with van der Waals surface area (Å²) in [5.41, 5.74) is 7.36. The summed E-state index contributed by atoms with van der Waals surface area (Å²) in [4.78, 5) is 14.1. The summed E-state index contributed by atoms with van der Waals surface area (Å²) in [6, 6.07) is 7.71. The van der Waals surface area contributed by atoms with Gasteiger partial charge in [-0.25, -0.2) is 0 Å². The molecule has 0 atom stereocenters. The van der Waals surface area contributed by atoms with E-state index in [1.807, 2.05) is 49.1 Å². The largest absolute Gasteiger partial charge is 0.399 e. The first-order valence-electron chi connectivity index (χ1n) is 6.74. The van der Waals surface area contributed by atoms with E-state index in [1.165, 1.54) is 0 Å². The lowest BCUT2D eigenvalue weighted by molar-refractivity contribution is -0.128. The molecule has 0 bridgehead atoms. The maximum Gasteiger partial charge on any atom is 0.246 e. The van der Waals surface area contributed by atoms with E-state index in [9.17, 15) is 4.79 Å². The molecule has 3 heteroatoms. The number of anilines is 1. The van der Waals surface area contributed by atoms with Crippen LogP contribution in [-0.2, 0) is 4.79 Å². The lowest BCUT2D eigenvalue weighted by Crippen LogP contribution is -2.38. The summed E-state index contributed by atoms with van der Waals surface area (Å²) in [7, 11) is 0. The third-order valence-electron chi connectivity index (χ3n) is 2.80. The number of hydrogen-bond acceptors (Lipinski definition) is 2. The molecule has 1 amide bonds. The average molecular weight is 260 g/mol. The lowest BCUT2D eigenvalue weighted by Gasteiger charge is -2.27. The second-order valence-corrected chi connectivity index (χ2v) is 5.48. The van der Waals surface area contributed by atoms with Crippen LogP contribution in [0.3, 0.4) is 0 Å². The number of benzene rings is 1. The van der Waals surface area contributed by atoms with Crippen LogP contribution in [0.2, 0.25) is 0 Å². The second-order valence-electron chi connectivity index (χ2n) is 5.48. The molecule has 3 nitrogen and oxygen atoms in total. The molecule has 104 valence electrons. The van der Waals surface area contributed by atoms with Crippen LogP contribution < -0.4 is 5.73 Å². The number of carbonyl (C=O) groups is 1. The van der Waals surface area contributed by atoms with Gasteiger partial charge in [0.25, 0.3) is 0 Å². The first-order valence-corrected chi connectivity index (χ1v) is 6.74. The number of rotatable bonds is 5. The molecule has 0 aromatic heterocycles. The molecule has 19 heavy (non-hydrogen) atoms. The Morgan fingerprint density at radius 3 is 2.53 bits per heavy atom. The van der Waals surface area contributed by atoms with Gasteiger partial charge in [-0.1, -0.05) is 26.0 Å².